The number of hydrogen-bond donors (Lipinski definition) is 2. The molecule has 0 aliphatic carbocycles. The average molecular weight is 463 g/mol. The van der Waals surface area contributed by atoms with E-state index in [1.54, 1.807) is 49.4 Å². The highest BCUT2D eigenvalue weighted by Gasteiger charge is 2.17. The highest BCUT2D eigenvalue weighted by molar-refractivity contribution is 8.00. The van der Waals surface area contributed by atoms with Gasteiger partial charge in [-0.3, -0.25) is 9.59 Å². The summed E-state index contributed by atoms with van der Waals surface area (Å²) in [7, 11) is 0. The summed E-state index contributed by atoms with van der Waals surface area (Å²) in [6.45, 7) is 1.76. The molecule has 0 saturated carbocycles. The molecule has 0 fully saturated rings. The standard InChI is InChI=1S/C22H17Cl2FN2O2S/c1-13(21(28)27-20-10-9-14(23)11-18(20)24)30-16-6-4-5-15(12-16)26-22(29)17-7-2-3-8-19(17)25/h2-13H,1H3,(H,26,29)(H,27,28). The monoisotopic (exact) mass is 462 g/mol. The SMILES string of the molecule is CC(Sc1cccc(NC(=O)c2ccccc2F)c1)C(=O)Nc1ccc(Cl)cc1Cl. The fourth-order valence-corrected chi connectivity index (χ4v) is 3.96. The average Bonchev–Trinajstić information content (AvgIpc) is 2.70. The maximum Gasteiger partial charge on any atom is 0.258 e. The molecule has 1 atom stereocenters. The minimum atomic E-state index is -0.591. The fraction of sp³-hybridized carbons (Fsp3) is 0.0909. The molecule has 3 aromatic carbocycles. The Labute approximate surface area is 187 Å². The van der Waals surface area contributed by atoms with Gasteiger partial charge in [0.05, 0.1) is 21.5 Å². The first-order valence-corrected chi connectivity index (χ1v) is 10.6. The van der Waals surface area contributed by atoms with Gasteiger partial charge in [0.15, 0.2) is 0 Å². The summed E-state index contributed by atoms with van der Waals surface area (Å²) in [6, 6.07) is 17.6. The molecule has 154 valence electrons. The van der Waals surface area contributed by atoms with Gasteiger partial charge in [-0.25, -0.2) is 4.39 Å². The molecule has 0 saturated heterocycles. The molecule has 0 spiro atoms. The lowest BCUT2D eigenvalue weighted by Gasteiger charge is -2.14. The van der Waals surface area contributed by atoms with Gasteiger partial charge in [-0.05, 0) is 55.5 Å². The van der Waals surface area contributed by atoms with Gasteiger partial charge in [-0.2, -0.15) is 0 Å². The quantitative estimate of drug-likeness (QED) is 0.410. The summed E-state index contributed by atoms with van der Waals surface area (Å²) in [6.07, 6.45) is 0. The van der Waals surface area contributed by atoms with Crippen molar-refractivity contribution in [3.63, 3.8) is 0 Å². The van der Waals surface area contributed by atoms with Crippen molar-refractivity contribution in [2.24, 2.45) is 0 Å². The molecule has 0 radical (unpaired) electrons. The normalized spacial score (nSPS) is 11.6. The van der Waals surface area contributed by atoms with E-state index in [1.165, 1.54) is 30.0 Å². The van der Waals surface area contributed by atoms with E-state index < -0.39 is 17.0 Å². The number of amides is 2. The highest BCUT2D eigenvalue weighted by Crippen LogP contribution is 2.29. The van der Waals surface area contributed by atoms with Crippen LogP contribution in [0.5, 0.6) is 0 Å². The van der Waals surface area contributed by atoms with Gasteiger partial charge >= 0.3 is 0 Å². The van der Waals surface area contributed by atoms with Crippen molar-refractivity contribution < 1.29 is 14.0 Å². The van der Waals surface area contributed by atoms with Gasteiger partial charge in [-0.15, -0.1) is 11.8 Å². The number of hydrogen-bond acceptors (Lipinski definition) is 3. The van der Waals surface area contributed by atoms with Crippen molar-refractivity contribution in [3.8, 4) is 0 Å². The van der Waals surface area contributed by atoms with E-state index >= 15 is 0 Å². The van der Waals surface area contributed by atoms with E-state index in [0.29, 0.717) is 21.4 Å². The van der Waals surface area contributed by atoms with Gasteiger partial charge in [0.25, 0.3) is 5.91 Å². The minimum Gasteiger partial charge on any atom is -0.324 e. The lowest BCUT2D eigenvalue weighted by Crippen LogP contribution is -2.22. The lowest BCUT2D eigenvalue weighted by atomic mass is 10.2. The van der Waals surface area contributed by atoms with Crippen molar-refractivity contribution >= 4 is 58.2 Å². The molecule has 1 unspecified atom stereocenters. The zero-order chi connectivity index (χ0) is 21.7. The summed E-state index contributed by atoms with van der Waals surface area (Å²) in [4.78, 5) is 25.6. The predicted molar refractivity (Wildman–Crippen MR) is 121 cm³/mol. The van der Waals surface area contributed by atoms with Crippen LogP contribution in [0.4, 0.5) is 15.8 Å². The molecule has 30 heavy (non-hydrogen) atoms. The number of thioether (sulfide) groups is 1. The lowest BCUT2D eigenvalue weighted by molar-refractivity contribution is -0.115. The third kappa shape index (κ3) is 5.75. The second-order valence-corrected chi connectivity index (χ2v) is 8.59. The van der Waals surface area contributed by atoms with Crippen LogP contribution in [0, 0.1) is 5.82 Å². The van der Waals surface area contributed by atoms with E-state index in [-0.39, 0.29) is 11.5 Å². The molecule has 0 aromatic heterocycles. The number of carbonyl (C=O) groups excluding carboxylic acids is 2. The van der Waals surface area contributed by atoms with Crippen molar-refractivity contribution in [3.05, 3.63) is 88.2 Å². The fourth-order valence-electron chi connectivity index (χ4n) is 2.57. The van der Waals surface area contributed by atoms with Crippen LogP contribution in [0.25, 0.3) is 0 Å². The second kappa shape index (κ2) is 9.98. The Hall–Kier alpha value is -2.54. The van der Waals surface area contributed by atoms with Crippen molar-refractivity contribution in [1.82, 2.24) is 0 Å². The Kier molecular flexibility index (Phi) is 7.37. The minimum absolute atomic E-state index is 0.0388. The molecular weight excluding hydrogens is 446 g/mol. The van der Waals surface area contributed by atoms with Gasteiger partial charge in [0.1, 0.15) is 5.82 Å². The van der Waals surface area contributed by atoms with Crippen LogP contribution in [0.2, 0.25) is 10.0 Å². The first-order chi connectivity index (χ1) is 14.3. The first-order valence-electron chi connectivity index (χ1n) is 8.92. The smallest absolute Gasteiger partial charge is 0.258 e. The molecule has 0 bridgehead atoms. The largest absolute Gasteiger partial charge is 0.324 e. The Morgan fingerprint density at radius 3 is 2.47 bits per heavy atom. The predicted octanol–water partition coefficient (Wildman–Crippen LogP) is 6.50. The molecule has 3 rings (SSSR count). The van der Waals surface area contributed by atoms with E-state index in [4.69, 9.17) is 23.2 Å². The highest BCUT2D eigenvalue weighted by atomic mass is 35.5. The molecule has 8 heteroatoms. The van der Waals surface area contributed by atoms with E-state index in [2.05, 4.69) is 10.6 Å². The van der Waals surface area contributed by atoms with Crippen LogP contribution in [0.3, 0.4) is 0 Å². The van der Waals surface area contributed by atoms with Gasteiger partial charge in [-0.1, -0.05) is 41.4 Å². The van der Waals surface area contributed by atoms with Crippen molar-refractivity contribution in [2.45, 2.75) is 17.1 Å². The van der Waals surface area contributed by atoms with Crippen LogP contribution >= 0.6 is 35.0 Å². The molecule has 0 heterocycles. The van der Waals surface area contributed by atoms with Gasteiger partial charge < -0.3 is 10.6 Å². The number of anilines is 2. The van der Waals surface area contributed by atoms with Crippen LogP contribution in [0.1, 0.15) is 17.3 Å². The zero-order valence-electron chi connectivity index (χ0n) is 15.8. The number of halogens is 3. The van der Waals surface area contributed by atoms with Gasteiger partial charge in [0, 0.05) is 15.6 Å². The Bertz CT molecular complexity index is 1090. The van der Waals surface area contributed by atoms with Crippen molar-refractivity contribution in [1.29, 1.82) is 0 Å². The van der Waals surface area contributed by atoms with Crippen LogP contribution in [0.15, 0.2) is 71.6 Å². The third-order valence-corrected chi connectivity index (χ3v) is 5.72. The molecule has 2 N–H and O–H groups in total. The van der Waals surface area contributed by atoms with E-state index in [9.17, 15) is 14.0 Å². The number of benzene rings is 3. The van der Waals surface area contributed by atoms with Gasteiger partial charge in [0.2, 0.25) is 5.91 Å². The Morgan fingerprint density at radius 1 is 0.967 bits per heavy atom. The molecule has 2 amide bonds. The number of nitrogens with one attached hydrogen (secondary N) is 2. The molecular formula is C22H17Cl2FN2O2S. The van der Waals surface area contributed by atoms with Crippen LogP contribution in [-0.4, -0.2) is 17.1 Å². The topological polar surface area (TPSA) is 58.2 Å². The molecule has 0 aliphatic rings. The molecule has 0 aliphatic heterocycles. The summed E-state index contributed by atoms with van der Waals surface area (Å²) < 4.78 is 13.8. The van der Waals surface area contributed by atoms with E-state index in [0.717, 1.165) is 4.90 Å². The zero-order valence-corrected chi connectivity index (χ0v) is 18.1. The molecule has 4 nitrogen and oxygen atoms in total. The molecule has 3 aromatic rings. The van der Waals surface area contributed by atoms with Crippen molar-refractivity contribution in [2.75, 3.05) is 10.6 Å². The Balaban J connectivity index is 1.65. The Morgan fingerprint density at radius 2 is 1.73 bits per heavy atom. The first kappa shape index (κ1) is 22.2. The summed E-state index contributed by atoms with van der Waals surface area (Å²) in [5, 5.41) is 5.84. The maximum atomic E-state index is 13.8. The van der Waals surface area contributed by atoms with Crippen LogP contribution < -0.4 is 10.6 Å². The summed E-state index contributed by atoms with van der Waals surface area (Å²) in [5.74, 6) is -1.37. The summed E-state index contributed by atoms with van der Waals surface area (Å²) in [5.41, 5.74) is 0.939. The maximum absolute atomic E-state index is 13.8. The number of carbonyl (C=O) groups is 2. The second-order valence-electron chi connectivity index (χ2n) is 6.34. The number of rotatable bonds is 6. The van der Waals surface area contributed by atoms with E-state index in [1.807, 2.05) is 6.07 Å². The van der Waals surface area contributed by atoms with Crippen LogP contribution in [-0.2, 0) is 4.79 Å². The summed E-state index contributed by atoms with van der Waals surface area (Å²) >= 11 is 13.3. The third-order valence-electron chi connectivity index (χ3n) is 4.08.